The molecule has 0 unspecified atom stereocenters. The van der Waals surface area contributed by atoms with E-state index in [9.17, 15) is 18.0 Å². The van der Waals surface area contributed by atoms with Crippen molar-refractivity contribution in [3.05, 3.63) is 27.7 Å². The van der Waals surface area contributed by atoms with Crippen LogP contribution in [-0.2, 0) is 0 Å². The summed E-state index contributed by atoms with van der Waals surface area (Å²) < 4.78 is 39.5. The maximum absolute atomic E-state index is 12.0. The number of alkyl halides is 3. The van der Waals surface area contributed by atoms with Gasteiger partial charge in [0, 0.05) is 0 Å². The fourth-order valence-corrected chi connectivity index (χ4v) is 1.56. The third kappa shape index (κ3) is 3.35. The van der Waals surface area contributed by atoms with Gasteiger partial charge in [-0.3, -0.25) is 0 Å². The summed E-state index contributed by atoms with van der Waals surface area (Å²) in [6.07, 6.45) is -4.96. The average molecular weight is 310 g/mol. The van der Waals surface area contributed by atoms with Crippen LogP contribution in [0.1, 0.15) is 15.9 Å². The Balaban J connectivity index is 3.33. The van der Waals surface area contributed by atoms with E-state index in [1.807, 2.05) is 0 Å². The Morgan fingerprint density at radius 2 is 2.06 bits per heavy atom. The molecule has 0 atom stereocenters. The van der Waals surface area contributed by atoms with Crippen molar-refractivity contribution in [2.45, 2.75) is 6.36 Å². The van der Waals surface area contributed by atoms with Crippen LogP contribution < -0.4 is 4.74 Å². The van der Waals surface area contributed by atoms with Gasteiger partial charge in [-0.05, 0) is 28.1 Å². The molecule has 0 saturated heterocycles. The maximum Gasteiger partial charge on any atom is 0.573 e. The molecule has 0 saturated carbocycles. The lowest BCUT2D eigenvalue weighted by Gasteiger charge is -2.12. The van der Waals surface area contributed by atoms with Crippen LogP contribution in [0.5, 0.6) is 5.75 Å². The Labute approximate surface area is 101 Å². The summed E-state index contributed by atoms with van der Waals surface area (Å²) in [6, 6.07) is 3.16. The van der Waals surface area contributed by atoms with E-state index in [0.29, 0.717) is 0 Å². The average Bonchev–Trinajstić information content (AvgIpc) is 2.18. The monoisotopic (exact) mass is 309 g/mol. The van der Waals surface area contributed by atoms with Gasteiger partial charge in [0.25, 0.3) is 0 Å². The van der Waals surface area contributed by atoms with E-state index in [4.69, 9.17) is 10.4 Å². The number of nitrogens with zero attached hydrogens (tertiary/aromatic N) is 1. The van der Waals surface area contributed by atoms with Crippen molar-refractivity contribution >= 4 is 21.9 Å². The first kappa shape index (κ1) is 13.3. The van der Waals surface area contributed by atoms with Gasteiger partial charge in [-0.2, -0.15) is 5.26 Å². The molecule has 0 aromatic heterocycles. The minimum absolute atomic E-state index is 0.258. The zero-order chi connectivity index (χ0) is 13.2. The van der Waals surface area contributed by atoms with Gasteiger partial charge in [0.1, 0.15) is 6.07 Å². The summed E-state index contributed by atoms with van der Waals surface area (Å²) in [6.45, 7) is 0. The number of aromatic carboxylic acids is 1. The van der Waals surface area contributed by atoms with Crippen LogP contribution in [0, 0.1) is 11.3 Å². The molecule has 0 aliphatic carbocycles. The van der Waals surface area contributed by atoms with Gasteiger partial charge in [-0.1, -0.05) is 0 Å². The third-order valence-electron chi connectivity index (χ3n) is 1.63. The van der Waals surface area contributed by atoms with Crippen LogP contribution in [0.4, 0.5) is 13.2 Å². The SMILES string of the molecule is N#Cc1cc(C(=O)O)cc(Br)c1OC(F)(F)F. The first-order chi connectivity index (χ1) is 7.74. The van der Waals surface area contributed by atoms with Crippen LogP contribution >= 0.6 is 15.9 Å². The molecule has 0 spiro atoms. The summed E-state index contributed by atoms with van der Waals surface area (Å²) in [5, 5.41) is 17.3. The van der Waals surface area contributed by atoms with E-state index in [-0.39, 0.29) is 10.0 Å². The smallest absolute Gasteiger partial charge is 0.478 e. The van der Waals surface area contributed by atoms with Crippen LogP contribution in [0.25, 0.3) is 0 Å². The second-order valence-corrected chi connectivity index (χ2v) is 3.65. The Hall–Kier alpha value is -1.75. The van der Waals surface area contributed by atoms with Crippen molar-refractivity contribution in [2.24, 2.45) is 0 Å². The highest BCUT2D eigenvalue weighted by molar-refractivity contribution is 9.10. The quantitative estimate of drug-likeness (QED) is 0.912. The minimum atomic E-state index is -4.96. The Kier molecular flexibility index (Phi) is 3.63. The summed E-state index contributed by atoms with van der Waals surface area (Å²) in [5.74, 6) is -2.12. The minimum Gasteiger partial charge on any atom is -0.478 e. The molecule has 1 rings (SSSR count). The maximum atomic E-state index is 12.0. The van der Waals surface area contributed by atoms with E-state index in [1.165, 1.54) is 6.07 Å². The zero-order valence-corrected chi connectivity index (χ0v) is 9.46. The van der Waals surface area contributed by atoms with E-state index in [0.717, 1.165) is 12.1 Å². The van der Waals surface area contributed by atoms with E-state index >= 15 is 0 Å². The van der Waals surface area contributed by atoms with Gasteiger partial charge >= 0.3 is 12.3 Å². The van der Waals surface area contributed by atoms with Crippen LogP contribution in [0.15, 0.2) is 16.6 Å². The van der Waals surface area contributed by atoms with Crippen LogP contribution in [-0.4, -0.2) is 17.4 Å². The number of rotatable bonds is 2. The van der Waals surface area contributed by atoms with Crippen molar-refractivity contribution in [1.82, 2.24) is 0 Å². The predicted octanol–water partition coefficient (Wildman–Crippen LogP) is 2.92. The summed E-state index contributed by atoms with van der Waals surface area (Å²) in [7, 11) is 0. The second-order valence-electron chi connectivity index (χ2n) is 2.80. The Bertz CT molecular complexity index is 507. The number of hydrogen-bond acceptors (Lipinski definition) is 3. The van der Waals surface area contributed by atoms with Gasteiger partial charge in [0.15, 0.2) is 5.75 Å². The first-order valence-electron chi connectivity index (χ1n) is 3.97. The lowest BCUT2D eigenvalue weighted by molar-refractivity contribution is -0.275. The summed E-state index contributed by atoms with van der Waals surface area (Å²) in [5.41, 5.74) is -0.836. The lowest BCUT2D eigenvalue weighted by atomic mass is 10.1. The van der Waals surface area contributed by atoms with E-state index in [2.05, 4.69) is 20.7 Å². The number of nitriles is 1. The highest BCUT2D eigenvalue weighted by atomic mass is 79.9. The molecule has 0 fully saturated rings. The van der Waals surface area contributed by atoms with Crippen molar-refractivity contribution in [3.8, 4) is 11.8 Å². The first-order valence-corrected chi connectivity index (χ1v) is 4.76. The number of benzene rings is 1. The molecule has 1 aromatic rings. The molecule has 0 aliphatic rings. The lowest BCUT2D eigenvalue weighted by Crippen LogP contribution is -2.18. The summed E-state index contributed by atoms with van der Waals surface area (Å²) >= 11 is 2.72. The van der Waals surface area contributed by atoms with Crippen molar-refractivity contribution in [2.75, 3.05) is 0 Å². The van der Waals surface area contributed by atoms with Gasteiger partial charge in [0.2, 0.25) is 0 Å². The van der Waals surface area contributed by atoms with Crippen molar-refractivity contribution < 1.29 is 27.8 Å². The third-order valence-corrected chi connectivity index (χ3v) is 2.22. The molecule has 90 valence electrons. The second kappa shape index (κ2) is 4.63. The van der Waals surface area contributed by atoms with Crippen molar-refractivity contribution in [3.63, 3.8) is 0 Å². The standard InChI is InChI=1S/C9H3BrF3NO3/c10-6-2-4(8(15)16)1-5(3-14)7(6)17-9(11,12)13/h1-2H,(H,15,16). The molecule has 0 radical (unpaired) electrons. The fraction of sp³-hybridized carbons (Fsp3) is 0.111. The number of ether oxygens (including phenoxy) is 1. The van der Waals surface area contributed by atoms with Crippen molar-refractivity contribution in [1.29, 1.82) is 5.26 Å². The molecule has 0 heterocycles. The number of carboxylic acid groups (broad SMARTS) is 1. The number of hydrogen-bond donors (Lipinski definition) is 1. The highest BCUT2D eigenvalue weighted by Crippen LogP contribution is 2.34. The molecular formula is C9H3BrF3NO3. The van der Waals surface area contributed by atoms with E-state index < -0.39 is 23.6 Å². The fourth-order valence-electron chi connectivity index (χ4n) is 1.02. The highest BCUT2D eigenvalue weighted by Gasteiger charge is 2.33. The topological polar surface area (TPSA) is 70.3 Å². The Morgan fingerprint density at radius 1 is 1.47 bits per heavy atom. The van der Waals surface area contributed by atoms with Gasteiger partial charge in [0.05, 0.1) is 15.6 Å². The number of carbonyl (C=O) groups is 1. The molecule has 8 heteroatoms. The van der Waals surface area contributed by atoms with Crippen LogP contribution in [0.3, 0.4) is 0 Å². The van der Waals surface area contributed by atoms with E-state index in [1.54, 1.807) is 0 Å². The van der Waals surface area contributed by atoms with Crippen LogP contribution in [0.2, 0.25) is 0 Å². The van der Waals surface area contributed by atoms with Gasteiger partial charge in [-0.15, -0.1) is 13.2 Å². The molecular weight excluding hydrogens is 307 g/mol. The molecule has 0 aliphatic heterocycles. The number of halogens is 4. The largest absolute Gasteiger partial charge is 0.573 e. The number of carboxylic acids is 1. The molecule has 1 aromatic carbocycles. The Morgan fingerprint density at radius 3 is 2.47 bits per heavy atom. The predicted molar refractivity (Wildman–Crippen MR) is 52.5 cm³/mol. The molecule has 0 amide bonds. The molecule has 1 N–H and O–H groups in total. The van der Waals surface area contributed by atoms with Gasteiger partial charge in [-0.25, -0.2) is 4.79 Å². The zero-order valence-electron chi connectivity index (χ0n) is 7.88. The molecule has 0 bridgehead atoms. The molecule has 4 nitrogen and oxygen atoms in total. The summed E-state index contributed by atoms with van der Waals surface area (Å²) in [4.78, 5) is 10.6. The molecule has 17 heavy (non-hydrogen) atoms. The van der Waals surface area contributed by atoms with Gasteiger partial charge < -0.3 is 9.84 Å². The normalized spacial score (nSPS) is 10.8.